The minimum Gasteiger partial charge on any atom is -0.444 e. The predicted molar refractivity (Wildman–Crippen MR) is 96.9 cm³/mol. The van der Waals surface area contributed by atoms with Crippen molar-refractivity contribution < 1.29 is 27.4 Å². The van der Waals surface area contributed by atoms with E-state index >= 15 is 0 Å². The number of piperidine rings is 1. The first-order valence-electron chi connectivity index (χ1n) is 8.92. The first-order chi connectivity index (χ1) is 12.4. The molecule has 27 heavy (non-hydrogen) atoms. The summed E-state index contributed by atoms with van der Waals surface area (Å²) < 4.78 is 46.1. The summed E-state index contributed by atoms with van der Waals surface area (Å²) in [6, 6.07) is 5.99. The molecule has 5 nitrogen and oxygen atoms in total. The van der Waals surface area contributed by atoms with Crippen LogP contribution in [0.4, 0.5) is 23.7 Å². The van der Waals surface area contributed by atoms with Crippen molar-refractivity contribution in [3.8, 4) is 5.75 Å². The molecule has 1 amide bonds. The molecule has 1 aromatic carbocycles. The number of hydrogen-bond acceptors (Lipinski definition) is 4. The van der Waals surface area contributed by atoms with E-state index in [1.165, 1.54) is 12.1 Å². The second-order valence-corrected chi connectivity index (χ2v) is 7.91. The number of likely N-dealkylation sites (tertiary alicyclic amines) is 1. The summed E-state index contributed by atoms with van der Waals surface area (Å²) in [5, 5.41) is 0. The van der Waals surface area contributed by atoms with E-state index in [9.17, 15) is 18.0 Å². The summed E-state index contributed by atoms with van der Waals surface area (Å²) in [4.78, 5) is 16.0. The normalized spacial score (nSPS) is 21.0. The number of carbonyl (C=O) groups is 1. The van der Waals surface area contributed by atoms with Crippen molar-refractivity contribution in [3.63, 3.8) is 0 Å². The van der Waals surface area contributed by atoms with E-state index in [1.807, 2.05) is 32.7 Å². The lowest BCUT2D eigenvalue weighted by Crippen LogP contribution is -2.51. The summed E-state index contributed by atoms with van der Waals surface area (Å²) in [6.45, 7) is 8.70. The Morgan fingerprint density at radius 1 is 1.19 bits per heavy atom. The summed E-state index contributed by atoms with van der Waals surface area (Å²) in [5.74, 6) is -0.0604. The number of anilines is 1. The van der Waals surface area contributed by atoms with E-state index in [-0.39, 0.29) is 23.8 Å². The van der Waals surface area contributed by atoms with Gasteiger partial charge in [0.25, 0.3) is 0 Å². The standard InChI is InChI=1S/C19H27F3N2O3/c1-13-12-24(17(25)27-18(2,3)4)11-10-16(13)23(5)14-6-8-15(9-7-14)26-19(20,21)22/h6-9,13,16H,10-12H2,1-5H3/t13-,16+/m0/s1. The molecule has 0 radical (unpaired) electrons. The molecule has 0 aliphatic carbocycles. The van der Waals surface area contributed by atoms with Crippen LogP contribution in [0.15, 0.2) is 24.3 Å². The fourth-order valence-electron chi connectivity index (χ4n) is 3.28. The molecule has 8 heteroatoms. The third-order valence-corrected chi connectivity index (χ3v) is 4.49. The summed E-state index contributed by atoms with van der Waals surface area (Å²) in [7, 11) is 1.91. The number of amides is 1. The number of alkyl halides is 3. The number of nitrogens with zero attached hydrogens (tertiary/aromatic N) is 2. The van der Waals surface area contributed by atoms with Gasteiger partial charge >= 0.3 is 12.5 Å². The zero-order chi connectivity index (χ0) is 20.4. The molecule has 1 heterocycles. The van der Waals surface area contributed by atoms with Gasteiger partial charge in [-0.05, 0) is 57.4 Å². The van der Waals surface area contributed by atoms with Crippen molar-refractivity contribution in [2.45, 2.75) is 52.1 Å². The highest BCUT2D eigenvalue weighted by Crippen LogP contribution is 2.29. The summed E-state index contributed by atoms with van der Waals surface area (Å²) in [6.07, 6.45) is -4.27. The fraction of sp³-hybridized carbons (Fsp3) is 0.632. The van der Waals surface area contributed by atoms with Crippen molar-refractivity contribution in [3.05, 3.63) is 24.3 Å². The fourth-order valence-corrected chi connectivity index (χ4v) is 3.28. The van der Waals surface area contributed by atoms with Crippen LogP contribution in [0.25, 0.3) is 0 Å². The van der Waals surface area contributed by atoms with Gasteiger partial charge in [-0.1, -0.05) is 6.92 Å². The molecular formula is C19H27F3N2O3. The van der Waals surface area contributed by atoms with Gasteiger partial charge in [0.2, 0.25) is 0 Å². The van der Waals surface area contributed by atoms with E-state index in [4.69, 9.17) is 4.74 Å². The van der Waals surface area contributed by atoms with Crippen molar-refractivity contribution in [2.24, 2.45) is 5.92 Å². The quantitative estimate of drug-likeness (QED) is 0.755. The van der Waals surface area contributed by atoms with E-state index in [1.54, 1.807) is 17.0 Å². The van der Waals surface area contributed by atoms with Gasteiger partial charge in [0, 0.05) is 31.9 Å². The summed E-state index contributed by atoms with van der Waals surface area (Å²) >= 11 is 0. The molecule has 1 aliphatic heterocycles. The Balaban J connectivity index is 1.98. The third-order valence-electron chi connectivity index (χ3n) is 4.49. The maximum absolute atomic E-state index is 12.3. The van der Waals surface area contributed by atoms with Crippen LogP contribution >= 0.6 is 0 Å². The Kier molecular flexibility index (Phi) is 6.17. The molecule has 0 saturated carbocycles. The molecule has 1 saturated heterocycles. The van der Waals surface area contributed by atoms with E-state index in [0.717, 1.165) is 12.1 Å². The van der Waals surface area contributed by atoms with Gasteiger partial charge in [-0.25, -0.2) is 4.79 Å². The first-order valence-corrected chi connectivity index (χ1v) is 8.92. The lowest BCUT2D eigenvalue weighted by molar-refractivity contribution is -0.274. The van der Waals surface area contributed by atoms with Gasteiger partial charge in [-0.15, -0.1) is 13.2 Å². The average Bonchev–Trinajstić information content (AvgIpc) is 2.51. The number of hydrogen-bond donors (Lipinski definition) is 0. The molecular weight excluding hydrogens is 361 g/mol. The lowest BCUT2D eigenvalue weighted by Gasteiger charge is -2.42. The molecule has 0 N–H and O–H groups in total. The van der Waals surface area contributed by atoms with Gasteiger partial charge < -0.3 is 19.3 Å². The number of ether oxygens (including phenoxy) is 2. The Morgan fingerprint density at radius 2 is 1.78 bits per heavy atom. The highest BCUT2D eigenvalue weighted by atomic mass is 19.4. The third kappa shape index (κ3) is 6.22. The van der Waals surface area contributed by atoms with Crippen LogP contribution in [-0.2, 0) is 4.74 Å². The van der Waals surface area contributed by atoms with Crippen LogP contribution in [0.3, 0.4) is 0 Å². The largest absolute Gasteiger partial charge is 0.573 e. The number of carbonyl (C=O) groups excluding carboxylic acids is 1. The zero-order valence-electron chi connectivity index (χ0n) is 16.3. The van der Waals surface area contributed by atoms with Crippen LogP contribution in [0.1, 0.15) is 34.1 Å². The number of halogens is 3. The van der Waals surface area contributed by atoms with Gasteiger partial charge in [0.05, 0.1) is 0 Å². The van der Waals surface area contributed by atoms with Crippen molar-refractivity contribution in [1.82, 2.24) is 4.90 Å². The lowest BCUT2D eigenvalue weighted by atomic mass is 9.92. The van der Waals surface area contributed by atoms with Gasteiger partial charge in [-0.3, -0.25) is 0 Å². The topological polar surface area (TPSA) is 42.0 Å². The van der Waals surface area contributed by atoms with Crippen LogP contribution in [0, 0.1) is 5.92 Å². The molecule has 2 atom stereocenters. The predicted octanol–water partition coefficient (Wildman–Crippen LogP) is 4.67. The molecule has 2 rings (SSSR count). The minimum absolute atomic E-state index is 0.165. The number of rotatable bonds is 3. The molecule has 0 unspecified atom stereocenters. The van der Waals surface area contributed by atoms with Gasteiger partial charge in [0.1, 0.15) is 11.4 Å². The maximum Gasteiger partial charge on any atom is 0.573 e. The van der Waals surface area contributed by atoms with Crippen LogP contribution < -0.4 is 9.64 Å². The van der Waals surface area contributed by atoms with Crippen molar-refractivity contribution in [2.75, 3.05) is 25.0 Å². The second kappa shape index (κ2) is 7.86. The SMILES string of the molecule is C[C@H]1CN(C(=O)OC(C)(C)C)CC[C@H]1N(C)c1ccc(OC(F)(F)F)cc1. The second-order valence-electron chi connectivity index (χ2n) is 7.91. The Labute approximate surface area is 158 Å². The Hall–Kier alpha value is -2.12. The molecule has 1 fully saturated rings. The molecule has 0 spiro atoms. The van der Waals surface area contributed by atoms with E-state index in [2.05, 4.69) is 11.7 Å². The first kappa shape index (κ1) is 21.2. The Morgan fingerprint density at radius 3 is 2.26 bits per heavy atom. The van der Waals surface area contributed by atoms with Crippen molar-refractivity contribution in [1.29, 1.82) is 0 Å². The molecule has 152 valence electrons. The minimum atomic E-state index is -4.70. The molecule has 1 aromatic rings. The van der Waals surface area contributed by atoms with Crippen molar-refractivity contribution >= 4 is 11.8 Å². The van der Waals surface area contributed by atoms with Gasteiger partial charge in [0.15, 0.2) is 0 Å². The maximum atomic E-state index is 12.3. The molecule has 1 aliphatic rings. The van der Waals surface area contributed by atoms with Gasteiger partial charge in [-0.2, -0.15) is 0 Å². The van der Waals surface area contributed by atoms with Crippen LogP contribution in [0.5, 0.6) is 5.75 Å². The monoisotopic (exact) mass is 388 g/mol. The highest BCUT2D eigenvalue weighted by molar-refractivity contribution is 5.68. The molecule has 0 aromatic heterocycles. The highest BCUT2D eigenvalue weighted by Gasteiger charge is 2.34. The zero-order valence-corrected chi connectivity index (χ0v) is 16.3. The van der Waals surface area contributed by atoms with Crippen LogP contribution in [-0.4, -0.2) is 49.1 Å². The number of benzene rings is 1. The average molecular weight is 388 g/mol. The van der Waals surface area contributed by atoms with E-state index < -0.39 is 12.0 Å². The molecule has 0 bridgehead atoms. The smallest absolute Gasteiger partial charge is 0.444 e. The summed E-state index contributed by atoms with van der Waals surface area (Å²) in [5.41, 5.74) is 0.265. The van der Waals surface area contributed by atoms with E-state index in [0.29, 0.717) is 13.1 Å². The van der Waals surface area contributed by atoms with Crippen LogP contribution in [0.2, 0.25) is 0 Å². The Bertz CT molecular complexity index is 641.